The molecule has 1 saturated heterocycles. The van der Waals surface area contributed by atoms with Crippen LogP contribution in [0.1, 0.15) is 27.2 Å². The Morgan fingerprint density at radius 2 is 2.03 bits per heavy atom. The van der Waals surface area contributed by atoms with Gasteiger partial charge >= 0.3 is 6.09 Å². The van der Waals surface area contributed by atoms with Crippen molar-refractivity contribution in [1.82, 2.24) is 20.8 Å². The van der Waals surface area contributed by atoms with E-state index in [2.05, 4.69) is 20.8 Å². The number of H-pyrrole nitrogens is 1. The van der Waals surface area contributed by atoms with E-state index in [4.69, 9.17) is 4.74 Å². The number of rotatable bonds is 5. The van der Waals surface area contributed by atoms with Crippen LogP contribution in [0.5, 0.6) is 0 Å². The molecule has 156 valence electrons. The van der Waals surface area contributed by atoms with Crippen LogP contribution in [0.25, 0.3) is 10.9 Å². The van der Waals surface area contributed by atoms with Crippen LogP contribution in [0.15, 0.2) is 18.2 Å². The number of hydrogen-bond donors (Lipinski definition) is 3. The van der Waals surface area contributed by atoms with Gasteiger partial charge in [0.2, 0.25) is 11.8 Å². The highest BCUT2D eigenvalue weighted by Crippen LogP contribution is 2.31. The fourth-order valence-electron chi connectivity index (χ4n) is 3.11. The normalized spacial score (nSPS) is 16.9. The number of fused-ring (bicyclic) bond motifs is 1. The molecule has 3 N–H and O–H groups in total. The summed E-state index contributed by atoms with van der Waals surface area (Å²) >= 11 is 0. The number of nitrogens with zero attached hydrogens (tertiary/aromatic N) is 2. The van der Waals surface area contributed by atoms with Gasteiger partial charge in [-0.25, -0.2) is 9.18 Å². The third-order valence-corrected chi connectivity index (χ3v) is 4.36. The summed E-state index contributed by atoms with van der Waals surface area (Å²) in [6.07, 6.45) is -0.560. The number of anilines is 1. The van der Waals surface area contributed by atoms with Gasteiger partial charge in [0.15, 0.2) is 5.82 Å². The number of aromatic amines is 1. The second-order valence-electron chi connectivity index (χ2n) is 7.83. The first-order chi connectivity index (χ1) is 13.7. The fourth-order valence-corrected chi connectivity index (χ4v) is 3.11. The lowest BCUT2D eigenvalue weighted by atomic mass is 10.1. The molecule has 2 heterocycles. The Kier molecular flexibility index (Phi) is 5.71. The van der Waals surface area contributed by atoms with Gasteiger partial charge in [-0.15, -0.1) is 0 Å². The molecule has 0 bridgehead atoms. The maximum Gasteiger partial charge on any atom is 0.407 e. The molecule has 1 atom stereocenters. The molecule has 1 aromatic heterocycles. The van der Waals surface area contributed by atoms with Gasteiger partial charge in [-0.1, -0.05) is 6.07 Å². The lowest BCUT2D eigenvalue weighted by Gasteiger charge is -2.19. The monoisotopic (exact) mass is 405 g/mol. The van der Waals surface area contributed by atoms with E-state index < -0.39 is 23.4 Å². The first-order valence-corrected chi connectivity index (χ1v) is 9.33. The molecule has 0 radical (unpaired) electrons. The standard InChI is InChI=1S/C19H24FN5O4/c1-19(2,3)29-18(28)22-8-7-21-17(27)11-9-14(26)25(10-11)16-15-12(20)5-4-6-13(15)23-24-16/h4-6,11H,7-10H2,1-3H3,(H,21,27)(H,22,28)(H,23,24)/t11-/m0/s1. The molecule has 0 spiro atoms. The van der Waals surface area contributed by atoms with Crippen LogP contribution in [-0.4, -0.2) is 53.3 Å². The number of benzene rings is 1. The molecule has 29 heavy (non-hydrogen) atoms. The largest absolute Gasteiger partial charge is 0.444 e. The van der Waals surface area contributed by atoms with Crippen molar-refractivity contribution >= 4 is 34.6 Å². The topological polar surface area (TPSA) is 116 Å². The highest BCUT2D eigenvalue weighted by molar-refractivity contribution is 6.05. The third-order valence-electron chi connectivity index (χ3n) is 4.36. The molecule has 0 saturated carbocycles. The van der Waals surface area contributed by atoms with Crippen molar-refractivity contribution in [1.29, 1.82) is 0 Å². The van der Waals surface area contributed by atoms with E-state index in [9.17, 15) is 18.8 Å². The maximum atomic E-state index is 14.2. The van der Waals surface area contributed by atoms with E-state index in [0.717, 1.165) is 0 Å². The van der Waals surface area contributed by atoms with Crippen LogP contribution in [0.4, 0.5) is 15.0 Å². The van der Waals surface area contributed by atoms with Crippen LogP contribution in [0.2, 0.25) is 0 Å². The summed E-state index contributed by atoms with van der Waals surface area (Å²) in [4.78, 5) is 37.7. The smallest absolute Gasteiger partial charge is 0.407 e. The van der Waals surface area contributed by atoms with Gasteiger partial charge in [-0.2, -0.15) is 5.10 Å². The van der Waals surface area contributed by atoms with E-state index in [0.29, 0.717) is 5.52 Å². The van der Waals surface area contributed by atoms with E-state index in [1.807, 2.05) is 0 Å². The molecule has 10 heteroatoms. The number of alkyl carbamates (subject to hydrolysis) is 1. The maximum absolute atomic E-state index is 14.2. The van der Waals surface area contributed by atoms with Gasteiger partial charge in [0.05, 0.1) is 16.8 Å². The zero-order valence-corrected chi connectivity index (χ0v) is 16.5. The van der Waals surface area contributed by atoms with E-state index in [-0.39, 0.29) is 49.1 Å². The van der Waals surface area contributed by atoms with Crippen LogP contribution in [0, 0.1) is 11.7 Å². The third kappa shape index (κ3) is 4.82. The molecule has 1 aliphatic heterocycles. The predicted molar refractivity (Wildman–Crippen MR) is 104 cm³/mol. The molecular formula is C19H24FN5O4. The van der Waals surface area contributed by atoms with E-state index in [1.54, 1.807) is 32.9 Å². The van der Waals surface area contributed by atoms with Crippen molar-refractivity contribution in [3.63, 3.8) is 0 Å². The number of aromatic nitrogens is 2. The minimum atomic E-state index is -0.600. The minimum absolute atomic E-state index is 0.00807. The number of amides is 3. The summed E-state index contributed by atoms with van der Waals surface area (Å²) in [5, 5.41) is 12.2. The van der Waals surface area contributed by atoms with Gasteiger partial charge in [0, 0.05) is 26.1 Å². The first-order valence-electron chi connectivity index (χ1n) is 9.33. The number of nitrogens with one attached hydrogen (secondary N) is 3. The van der Waals surface area contributed by atoms with Gasteiger partial charge in [0.25, 0.3) is 0 Å². The summed E-state index contributed by atoms with van der Waals surface area (Å²) in [6.45, 7) is 5.77. The summed E-state index contributed by atoms with van der Waals surface area (Å²) in [5.41, 5.74) is -0.120. The molecule has 0 unspecified atom stereocenters. The molecule has 1 aliphatic rings. The van der Waals surface area contributed by atoms with Crippen LogP contribution in [-0.2, 0) is 14.3 Å². The molecule has 0 aliphatic carbocycles. The van der Waals surface area contributed by atoms with Crippen LogP contribution < -0.4 is 15.5 Å². The van der Waals surface area contributed by atoms with Crippen molar-refractivity contribution in [2.45, 2.75) is 32.8 Å². The van der Waals surface area contributed by atoms with Gasteiger partial charge in [0.1, 0.15) is 11.4 Å². The summed E-state index contributed by atoms with van der Waals surface area (Å²) < 4.78 is 19.3. The number of carbonyl (C=O) groups is 3. The molecule has 9 nitrogen and oxygen atoms in total. The van der Waals surface area contributed by atoms with Gasteiger partial charge in [-0.3, -0.25) is 19.6 Å². The lowest BCUT2D eigenvalue weighted by Crippen LogP contribution is -2.40. The fraction of sp³-hybridized carbons (Fsp3) is 0.474. The Morgan fingerprint density at radius 3 is 2.76 bits per heavy atom. The average Bonchev–Trinajstić information content (AvgIpc) is 3.21. The molecule has 1 fully saturated rings. The van der Waals surface area contributed by atoms with Crippen molar-refractivity contribution in [2.24, 2.45) is 5.92 Å². The predicted octanol–water partition coefficient (Wildman–Crippen LogP) is 1.70. The molecule has 1 aromatic carbocycles. The minimum Gasteiger partial charge on any atom is -0.444 e. The Labute approximate surface area is 167 Å². The van der Waals surface area contributed by atoms with Crippen molar-refractivity contribution < 1.29 is 23.5 Å². The Morgan fingerprint density at radius 1 is 1.31 bits per heavy atom. The first kappa shape index (κ1) is 20.6. The second-order valence-corrected chi connectivity index (χ2v) is 7.83. The van der Waals surface area contributed by atoms with Crippen LogP contribution >= 0.6 is 0 Å². The van der Waals surface area contributed by atoms with Crippen LogP contribution in [0.3, 0.4) is 0 Å². The van der Waals surface area contributed by atoms with E-state index >= 15 is 0 Å². The number of halogens is 1. The molecule has 3 amide bonds. The number of hydrogen-bond acceptors (Lipinski definition) is 5. The summed E-state index contributed by atoms with van der Waals surface area (Å²) in [7, 11) is 0. The molecule has 2 aromatic rings. The summed E-state index contributed by atoms with van der Waals surface area (Å²) in [6, 6.07) is 4.51. The number of carbonyl (C=O) groups excluding carboxylic acids is 3. The summed E-state index contributed by atoms with van der Waals surface area (Å²) in [5.74, 6) is -1.49. The van der Waals surface area contributed by atoms with Gasteiger partial charge in [-0.05, 0) is 32.9 Å². The SMILES string of the molecule is CC(C)(C)OC(=O)NCCNC(=O)[C@H]1CC(=O)N(c2n[nH]c3cccc(F)c23)C1. The quantitative estimate of drug-likeness (QED) is 0.655. The lowest BCUT2D eigenvalue weighted by molar-refractivity contribution is -0.126. The zero-order chi connectivity index (χ0) is 21.2. The highest BCUT2D eigenvalue weighted by Gasteiger charge is 2.37. The van der Waals surface area contributed by atoms with E-state index in [1.165, 1.54) is 11.0 Å². The molecular weight excluding hydrogens is 381 g/mol. The Balaban J connectivity index is 1.53. The highest BCUT2D eigenvalue weighted by atomic mass is 19.1. The van der Waals surface area contributed by atoms with Crippen molar-refractivity contribution in [3.8, 4) is 0 Å². The average molecular weight is 405 g/mol. The van der Waals surface area contributed by atoms with Crippen molar-refractivity contribution in [3.05, 3.63) is 24.0 Å². The Hall–Kier alpha value is -3.17. The second kappa shape index (κ2) is 8.06. The van der Waals surface area contributed by atoms with Crippen molar-refractivity contribution in [2.75, 3.05) is 24.5 Å². The molecule has 3 rings (SSSR count). The Bertz CT molecular complexity index is 936. The van der Waals surface area contributed by atoms with Gasteiger partial charge < -0.3 is 15.4 Å². The zero-order valence-electron chi connectivity index (χ0n) is 16.5. The number of ether oxygens (including phenoxy) is 1.